The quantitative estimate of drug-likeness (QED) is 0.707. The fourth-order valence-corrected chi connectivity index (χ4v) is 2.13. The largest absolute Gasteiger partial charge is 0.375 e. The normalized spacial score (nSPS) is 17.9. The minimum Gasteiger partial charge on any atom is -0.375 e. The molecule has 0 atom stereocenters. The molecular weight excluding hydrogens is 182 g/mol. The van der Waals surface area contributed by atoms with Gasteiger partial charge in [0, 0.05) is 18.8 Å². The van der Waals surface area contributed by atoms with Gasteiger partial charge in [-0.25, -0.2) is 0 Å². The average Bonchev–Trinajstić information content (AvgIpc) is 2.31. The minimum absolute atomic E-state index is 1.23. The van der Waals surface area contributed by atoms with E-state index in [0.717, 1.165) is 0 Å². The zero-order chi connectivity index (χ0) is 10.5. The second-order valence-electron chi connectivity index (χ2n) is 4.24. The Hall–Kier alpha value is -1.24. The van der Waals surface area contributed by atoms with Crippen LogP contribution in [-0.4, -0.2) is 18.0 Å². The van der Waals surface area contributed by atoms with Gasteiger partial charge in [0.2, 0.25) is 0 Å². The van der Waals surface area contributed by atoms with E-state index in [1.54, 1.807) is 0 Å². The van der Waals surface area contributed by atoms with Crippen LogP contribution in [0.15, 0.2) is 36.0 Å². The molecule has 1 aliphatic rings. The predicted molar refractivity (Wildman–Crippen MR) is 65.5 cm³/mol. The lowest BCUT2D eigenvalue weighted by Gasteiger charge is -2.29. The monoisotopic (exact) mass is 201 g/mol. The number of hydrogen-bond donors (Lipinski definition) is 0. The predicted octanol–water partition coefficient (Wildman–Crippen LogP) is 3.53. The molecule has 0 saturated carbocycles. The molecule has 1 aliphatic heterocycles. The number of rotatable bonds is 2. The molecule has 1 heterocycles. The molecule has 1 aromatic carbocycles. The van der Waals surface area contributed by atoms with Crippen LogP contribution in [0.1, 0.15) is 31.7 Å². The van der Waals surface area contributed by atoms with Crippen molar-refractivity contribution in [2.45, 2.75) is 26.2 Å². The molecule has 0 spiro atoms. The second-order valence-corrected chi connectivity index (χ2v) is 4.24. The van der Waals surface area contributed by atoms with Gasteiger partial charge in [0.1, 0.15) is 0 Å². The van der Waals surface area contributed by atoms with Gasteiger partial charge in [0.05, 0.1) is 0 Å². The van der Waals surface area contributed by atoms with Crippen LogP contribution in [0, 0.1) is 0 Å². The van der Waals surface area contributed by atoms with E-state index in [9.17, 15) is 0 Å². The van der Waals surface area contributed by atoms with Gasteiger partial charge in [0.15, 0.2) is 0 Å². The Balaban J connectivity index is 2.06. The molecule has 1 fully saturated rings. The zero-order valence-corrected chi connectivity index (χ0v) is 9.45. The summed E-state index contributed by atoms with van der Waals surface area (Å²) in [5.41, 5.74) is 2.71. The molecule has 1 heteroatoms. The van der Waals surface area contributed by atoms with E-state index in [4.69, 9.17) is 0 Å². The third kappa shape index (κ3) is 2.85. The van der Waals surface area contributed by atoms with Gasteiger partial charge < -0.3 is 4.90 Å². The fraction of sp³-hybridized carbons (Fsp3) is 0.429. The summed E-state index contributed by atoms with van der Waals surface area (Å²) in [5.74, 6) is 0. The number of hydrogen-bond acceptors (Lipinski definition) is 1. The smallest absolute Gasteiger partial charge is 0.0174 e. The Labute approximate surface area is 92.4 Å². The van der Waals surface area contributed by atoms with Crippen molar-refractivity contribution in [3.05, 3.63) is 41.6 Å². The maximum Gasteiger partial charge on any atom is 0.0174 e. The van der Waals surface area contributed by atoms with E-state index in [0.29, 0.717) is 0 Å². The van der Waals surface area contributed by atoms with Gasteiger partial charge in [0.25, 0.3) is 0 Å². The second kappa shape index (κ2) is 5.01. The topological polar surface area (TPSA) is 3.24 Å². The first kappa shape index (κ1) is 10.3. The molecular formula is C14H19N. The third-order valence-corrected chi connectivity index (χ3v) is 3.03. The standard InChI is InChI=1S/C14H19N/c1-13(15-10-6-3-7-11-15)12-14-8-4-2-5-9-14/h2,4-5,8-9,12H,3,6-7,10-11H2,1H3/b13-12+. The molecule has 1 nitrogen and oxygen atoms in total. The molecule has 1 aromatic rings. The lowest BCUT2D eigenvalue weighted by molar-refractivity contribution is 0.288. The van der Waals surface area contributed by atoms with Crippen molar-refractivity contribution in [3.8, 4) is 0 Å². The molecule has 0 radical (unpaired) electrons. The number of benzene rings is 1. The van der Waals surface area contributed by atoms with Gasteiger partial charge in [-0.3, -0.25) is 0 Å². The van der Waals surface area contributed by atoms with E-state index < -0.39 is 0 Å². The summed E-state index contributed by atoms with van der Waals surface area (Å²) in [4.78, 5) is 2.50. The number of allylic oxidation sites excluding steroid dienone is 1. The third-order valence-electron chi connectivity index (χ3n) is 3.03. The van der Waals surface area contributed by atoms with Gasteiger partial charge in [-0.15, -0.1) is 0 Å². The summed E-state index contributed by atoms with van der Waals surface area (Å²) >= 11 is 0. The van der Waals surface area contributed by atoms with Gasteiger partial charge >= 0.3 is 0 Å². The molecule has 80 valence electrons. The average molecular weight is 201 g/mol. The summed E-state index contributed by atoms with van der Waals surface area (Å²) in [6.07, 6.45) is 6.38. The van der Waals surface area contributed by atoms with Crippen molar-refractivity contribution < 1.29 is 0 Å². The highest BCUT2D eigenvalue weighted by atomic mass is 15.1. The molecule has 1 saturated heterocycles. The Bertz CT molecular complexity index is 320. The van der Waals surface area contributed by atoms with Gasteiger partial charge in [-0.05, 0) is 37.8 Å². The summed E-state index contributed by atoms with van der Waals surface area (Å²) < 4.78 is 0. The Morgan fingerprint density at radius 1 is 1.07 bits per heavy atom. The van der Waals surface area contributed by atoms with Gasteiger partial charge in [-0.1, -0.05) is 30.3 Å². The highest BCUT2D eigenvalue weighted by molar-refractivity contribution is 5.51. The highest BCUT2D eigenvalue weighted by Crippen LogP contribution is 2.16. The summed E-state index contributed by atoms with van der Waals surface area (Å²) in [6, 6.07) is 10.6. The number of likely N-dealkylation sites (tertiary alicyclic amines) is 1. The molecule has 0 N–H and O–H groups in total. The Kier molecular flexibility index (Phi) is 3.44. The van der Waals surface area contributed by atoms with Crippen LogP contribution in [0.4, 0.5) is 0 Å². The molecule has 0 bridgehead atoms. The van der Waals surface area contributed by atoms with Crippen LogP contribution in [0.5, 0.6) is 0 Å². The van der Waals surface area contributed by atoms with Crippen molar-refractivity contribution in [3.63, 3.8) is 0 Å². The molecule has 0 aromatic heterocycles. The maximum atomic E-state index is 2.50. The Morgan fingerprint density at radius 3 is 2.40 bits per heavy atom. The lowest BCUT2D eigenvalue weighted by atomic mass is 10.1. The van der Waals surface area contributed by atoms with Crippen molar-refractivity contribution in [2.24, 2.45) is 0 Å². The van der Waals surface area contributed by atoms with E-state index in [1.807, 2.05) is 0 Å². The lowest BCUT2D eigenvalue weighted by Crippen LogP contribution is -2.27. The zero-order valence-electron chi connectivity index (χ0n) is 9.45. The van der Waals surface area contributed by atoms with Gasteiger partial charge in [-0.2, -0.15) is 0 Å². The number of nitrogens with zero attached hydrogens (tertiary/aromatic N) is 1. The maximum absolute atomic E-state index is 2.50. The highest BCUT2D eigenvalue weighted by Gasteiger charge is 2.09. The molecule has 0 aliphatic carbocycles. The molecule has 15 heavy (non-hydrogen) atoms. The van der Waals surface area contributed by atoms with Crippen molar-refractivity contribution in [1.82, 2.24) is 4.90 Å². The van der Waals surface area contributed by atoms with Crippen LogP contribution in [0.25, 0.3) is 6.08 Å². The van der Waals surface area contributed by atoms with E-state index in [-0.39, 0.29) is 0 Å². The van der Waals surface area contributed by atoms with Crippen molar-refractivity contribution >= 4 is 6.08 Å². The van der Waals surface area contributed by atoms with E-state index >= 15 is 0 Å². The number of piperidine rings is 1. The fourth-order valence-electron chi connectivity index (χ4n) is 2.13. The van der Waals surface area contributed by atoms with Crippen LogP contribution in [-0.2, 0) is 0 Å². The van der Waals surface area contributed by atoms with Crippen LogP contribution in [0.2, 0.25) is 0 Å². The Morgan fingerprint density at radius 2 is 1.73 bits per heavy atom. The molecule has 2 rings (SSSR count). The van der Waals surface area contributed by atoms with Crippen molar-refractivity contribution in [1.29, 1.82) is 0 Å². The summed E-state index contributed by atoms with van der Waals surface area (Å²) in [5, 5.41) is 0. The van der Waals surface area contributed by atoms with Crippen LogP contribution in [0.3, 0.4) is 0 Å². The first-order chi connectivity index (χ1) is 7.36. The minimum atomic E-state index is 1.23. The SMILES string of the molecule is C/C(=C\c1ccccc1)N1CCCCC1. The molecule has 0 unspecified atom stereocenters. The van der Waals surface area contributed by atoms with Crippen LogP contribution < -0.4 is 0 Å². The summed E-state index contributed by atoms with van der Waals surface area (Å²) in [6.45, 7) is 4.68. The van der Waals surface area contributed by atoms with E-state index in [1.165, 1.54) is 43.6 Å². The first-order valence-corrected chi connectivity index (χ1v) is 5.84. The van der Waals surface area contributed by atoms with Crippen LogP contribution >= 0.6 is 0 Å². The van der Waals surface area contributed by atoms with E-state index in [2.05, 4.69) is 48.2 Å². The summed E-state index contributed by atoms with van der Waals surface area (Å²) in [7, 11) is 0. The van der Waals surface area contributed by atoms with Crippen molar-refractivity contribution in [2.75, 3.05) is 13.1 Å². The molecule has 0 amide bonds. The first-order valence-electron chi connectivity index (χ1n) is 5.84.